The Labute approximate surface area is 126 Å². The fraction of sp³-hybridized carbons (Fsp3) is 0.222. The molecular formula is C18H21O2P. The summed E-state index contributed by atoms with van der Waals surface area (Å²) in [5.74, 6) is 1.92. The highest BCUT2D eigenvalue weighted by atomic mass is 31.2. The molecule has 21 heavy (non-hydrogen) atoms. The van der Waals surface area contributed by atoms with Crippen LogP contribution in [-0.2, 0) is 9.30 Å². The predicted molar refractivity (Wildman–Crippen MR) is 90.0 cm³/mol. The van der Waals surface area contributed by atoms with E-state index in [9.17, 15) is 4.57 Å². The Morgan fingerprint density at radius 2 is 1.48 bits per heavy atom. The van der Waals surface area contributed by atoms with Crippen molar-refractivity contribution in [2.75, 3.05) is 13.7 Å². The van der Waals surface area contributed by atoms with E-state index in [1.165, 1.54) is 0 Å². The first-order chi connectivity index (χ1) is 10.2. The third-order valence-corrected chi connectivity index (χ3v) is 6.29. The lowest BCUT2D eigenvalue weighted by Crippen LogP contribution is -2.14. The molecule has 0 aliphatic heterocycles. The van der Waals surface area contributed by atoms with Gasteiger partial charge in [-0.15, -0.1) is 0 Å². The predicted octanol–water partition coefficient (Wildman–Crippen LogP) is 3.94. The number of rotatable bonds is 6. The molecule has 0 saturated heterocycles. The molecule has 0 aliphatic rings. The fourth-order valence-corrected chi connectivity index (χ4v) is 4.87. The van der Waals surface area contributed by atoms with Crippen molar-refractivity contribution in [1.29, 1.82) is 0 Å². The van der Waals surface area contributed by atoms with Crippen molar-refractivity contribution in [3.8, 4) is 0 Å². The molecule has 2 nitrogen and oxygen atoms in total. The molecule has 110 valence electrons. The second kappa shape index (κ2) is 7.40. The second-order valence-electron chi connectivity index (χ2n) is 4.90. The Balaban J connectivity index is 2.58. The van der Waals surface area contributed by atoms with Crippen molar-refractivity contribution >= 4 is 17.8 Å². The van der Waals surface area contributed by atoms with Crippen LogP contribution >= 0.6 is 7.14 Å². The van der Waals surface area contributed by atoms with Crippen LogP contribution in [0.3, 0.4) is 0 Å². The minimum absolute atomic E-state index is 0.514. The molecule has 2 rings (SSSR count). The number of ether oxygens (including phenoxy) is 1. The molecule has 2 aromatic rings. The summed E-state index contributed by atoms with van der Waals surface area (Å²) in [5.41, 5.74) is 1.06. The van der Waals surface area contributed by atoms with Crippen LogP contribution in [0.5, 0.6) is 0 Å². The van der Waals surface area contributed by atoms with Gasteiger partial charge < -0.3 is 9.30 Å². The zero-order chi connectivity index (χ0) is 15.1. The SMILES string of the molecule is CC/C(=C/P(=O)(c1ccccc1)c1ccccc1)COC. The molecule has 0 atom stereocenters. The first kappa shape index (κ1) is 15.8. The van der Waals surface area contributed by atoms with Crippen molar-refractivity contribution in [1.82, 2.24) is 0 Å². The Bertz CT molecular complexity index is 589. The van der Waals surface area contributed by atoms with Gasteiger partial charge in [0.1, 0.15) is 0 Å². The largest absolute Gasteiger partial charge is 0.380 e. The highest BCUT2D eigenvalue weighted by molar-refractivity contribution is 7.81. The van der Waals surface area contributed by atoms with Crippen molar-refractivity contribution in [2.45, 2.75) is 13.3 Å². The van der Waals surface area contributed by atoms with Gasteiger partial charge in [-0.25, -0.2) is 0 Å². The summed E-state index contributed by atoms with van der Waals surface area (Å²) in [6.07, 6.45) is 0.831. The summed E-state index contributed by atoms with van der Waals surface area (Å²) in [6.45, 7) is 2.57. The van der Waals surface area contributed by atoms with E-state index in [0.29, 0.717) is 6.61 Å². The van der Waals surface area contributed by atoms with E-state index in [-0.39, 0.29) is 0 Å². The maximum Gasteiger partial charge on any atom is 0.164 e. The Morgan fingerprint density at radius 1 is 1.00 bits per heavy atom. The van der Waals surface area contributed by atoms with Gasteiger partial charge in [0.15, 0.2) is 7.14 Å². The molecule has 2 aromatic carbocycles. The molecule has 0 aromatic heterocycles. The van der Waals surface area contributed by atoms with Gasteiger partial charge in [-0.05, 0) is 17.8 Å². The van der Waals surface area contributed by atoms with Crippen LogP contribution in [0.25, 0.3) is 0 Å². The highest BCUT2D eigenvalue weighted by Crippen LogP contribution is 2.46. The van der Waals surface area contributed by atoms with E-state index in [1.807, 2.05) is 66.5 Å². The van der Waals surface area contributed by atoms with Crippen LogP contribution in [0.15, 0.2) is 72.1 Å². The topological polar surface area (TPSA) is 26.3 Å². The molecule has 0 heterocycles. The van der Waals surface area contributed by atoms with Crippen LogP contribution in [-0.4, -0.2) is 13.7 Å². The zero-order valence-electron chi connectivity index (χ0n) is 12.5. The lowest BCUT2D eigenvalue weighted by molar-refractivity contribution is 0.224. The summed E-state index contributed by atoms with van der Waals surface area (Å²) in [6, 6.07) is 19.4. The lowest BCUT2D eigenvalue weighted by atomic mass is 10.2. The van der Waals surface area contributed by atoms with Crippen LogP contribution in [0.2, 0.25) is 0 Å². The van der Waals surface area contributed by atoms with Crippen molar-refractivity contribution in [3.05, 3.63) is 72.1 Å². The zero-order valence-corrected chi connectivity index (χ0v) is 13.4. The van der Waals surface area contributed by atoms with E-state index in [0.717, 1.165) is 22.6 Å². The van der Waals surface area contributed by atoms with Gasteiger partial charge in [-0.1, -0.05) is 67.6 Å². The van der Waals surface area contributed by atoms with E-state index in [4.69, 9.17) is 4.74 Å². The summed E-state index contributed by atoms with van der Waals surface area (Å²) in [4.78, 5) is 0. The number of hydrogen-bond acceptors (Lipinski definition) is 2. The van der Waals surface area contributed by atoms with Gasteiger partial charge in [0.2, 0.25) is 0 Å². The molecule has 0 aliphatic carbocycles. The fourth-order valence-electron chi connectivity index (χ4n) is 2.27. The van der Waals surface area contributed by atoms with Crippen LogP contribution in [0.4, 0.5) is 0 Å². The molecule has 0 saturated carbocycles. The van der Waals surface area contributed by atoms with E-state index < -0.39 is 7.14 Å². The summed E-state index contributed by atoms with van der Waals surface area (Å²) >= 11 is 0. The van der Waals surface area contributed by atoms with E-state index >= 15 is 0 Å². The van der Waals surface area contributed by atoms with Gasteiger partial charge in [0, 0.05) is 17.7 Å². The molecule has 0 N–H and O–H groups in total. The number of benzene rings is 2. The smallest absolute Gasteiger partial charge is 0.164 e. The third-order valence-electron chi connectivity index (χ3n) is 3.43. The Morgan fingerprint density at radius 3 is 1.86 bits per heavy atom. The minimum Gasteiger partial charge on any atom is -0.380 e. The van der Waals surface area contributed by atoms with Gasteiger partial charge in [0.25, 0.3) is 0 Å². The Kier molecular flexibility index (Phi) is 5.55. The average molecular weight is 300 g/mol. The van der Waals surface area contributed by atoms with Crippen LogP contribution in [0, 0.1) is 0 Å². The number of hydrogen-bond donors (Lipinski definition) is 0. The first-order valence-corrected chi connectivity index (χ1v) is 8.89. The van der Waals surface area contributed by atoms with Gasteiger partial charge in [-0.3, -0.25) is 0 Å². The number of methoxy groups -OCH3 is 1. The summed E-state index contributed by atoms with van der Waals surface area (Å²) in [7, 11) is -1.10. The van der Waals surface area contributed by atoms with Gasteiger partial charge >= 0.3 is 0 Å². The molecule has 0 spiro atoms. The van der Waals surface area contributed by atoms with Gasteiger partial charge in [0.05, 0.1) is 6.61 Å². The molecule has 0 fully saturated rings. The Hall–Kier alpha value is -1.63. The lowest BCUT2D eigenvalue weighted by Gasteiger charge is -2.17. The summed E-state index contributed by atoms with van der Waals surface area (Å²) in [5, 5.41) is 1.72. The quantitative estimate of drug-likeness (QED) is 0.755. The molecule has 0 radical (unpaired) electrons. The van der Waals surface area contributed by atoms with Crippen molar-refractivity contribution in [2.24, 2.45) is 0 Å². The first-order valence-electron chi connectivity index (χ1n) is 7.11. The molecule has 3 heteroatoms. The van der Waals surface area contributed by atoms with Crippen molar-refractivity contribution in [3.63, 3.8) is 0 Å². The maximum absolute atomic E-state index is 13.7. The van der Waals surface area contributed by atoms with E-state index in [2.05, 4.69) is 6.92 Å². The molecule has 0 unspecified atom stereocenters. The standard InChI is InChI=1S/C18H21O2P/c1-3-16(14-20-2)15-21(19,17-10-6-4-7-11-17)18-12-8-5-9-13-18/h4-13,15H,3,14H2,1-2H3/b16-15-. The van der Waals surface area contributed by atoms with Gasteiger partial charge in [-0.2, -0.15) is 0 Å². The monoisotopic (exact) mass is 300 g/mol. The minimum atomic E-state index is -2.77. The average Bonchev–Trinajstić information content (AvgIpc) is 2.56. The second-order valence-corrected chi connectivity index (χ2v) is 7.51. The highest BCUT2D eigenvalue weighted by Gasteiger charge is 2.24. The summed E-state index contributed by atoms with van der Waals surface area (Å²) < 4.78 is 19.0. The van der Waals surface area contributed by atoms with E-state index in [1.54, 1.807) is 7.11 Å². The van der Waals surface area contributed by atoms with Crippen LogP contribution < -0.4 is 10.6 Å². The molecular weight excluding hydrogens is 279 g/mol. The molecule has 0 bridgehead atoms. The third kappa shape index (κ3) is 3.72. The van der Waals surface area contributed by atoms with Crippen molar-refractivity contribution < 1.29 is 9.30 Å². The maximum atomic E-state index is 13.7. The van der Waals surface area contributed by atoms with Crippen LogP contribution in [0.1, 0.15) is 13.3 Å². The normalized spacial score (nSPS) is 12.4. The molecule has 0 amide bonds.